The monoisotopic (exact) mass is 563 g/mol. The van der Waals surface area contributed by atoms with E-state index in [-0.39, 0.29) is 29.5 Å². The Balaban J connectivity index is 1.61. The Labute approximate surface area is 244 Å². The molecule has 1 aromatic carbocycles. The number of nitriles is 1. The summed E-state index contributed by atoms with van der Waals surface area (Å²) >= 11 is 0. The van der Waals surface area contributed by atoms with Gasteiger partial charge in [0, 0.05) is 63.4 Å². The minimum absolute atomic E-state index is 0.0738. The van der Waals surface area contributed by atoms with E-state index in [4.69, 9.17) is 9.47 Å². The zero-order chi connectivity index (χ0) is 29.9. The number of carbonyl (C=O) groups is 2. The fourth-order valence-corrected chi connectivity index (χ4v) is 5.65. The van der Waals surface area contributed by atoms with E-state index in [1.54, 1.807) is 23.9 Å². The predicted molar refractivity (Wildman–Crippen MR) is 160 cm³/mol. The van der Waals surface area contributed by atoms with Crippen molar-refractivity contribution in [3.63, 3.8) is 0 Å². The summed E-state index contributed by atoms with van der Waals surface area (Å²) in [5.74, 6) is 0.710. The molecule has 2 aromatic rings. The van der Waals surface area contributed by atoms with Crippen molar-refractivity contribution in [1.82, 2.24) is 19.7 Å². The topological polar surface area (TPSA) is 102 Å². The van der Waals surface area contributed by atoms with Gasteiger partial charge in [-0.2, -0.15) is 5.26 Å². The van der Waals surface area contributed by atoms with Crippen LogP contribution in [0.3, 0.4) is 0 Å². The zero-order valence-corrected chi connectivity index (χ0v) is 25.6. The Morgan fingerprint density at radius 3 is 2.29 bits per heavy atom. The van der Waals surface area contributed by atoms with Crippen LogP contribution in [-0.4, -0.2) is 89.6 Å². The third-order valence-electron chi connectivity index (χ3n) is 7.84. The maximum absolute atomic E-state index is 13.1. The van der Waals surface area contributed by atoms with E-state index in [1.165, 1.54) is 6.20 Å². The molecular formula is C32H45N5O4. The summed E-state index contributed by atoms with van der Waals surface area (Å²) in [6.45, 7) is 13.3. The molecule has 0 atom stereocenters. The number of ketones is 1. The molecule has 1 N–H and O–H groups in total. The summed E-state index contributed by atoms with van der Waals surface area (Å²) in [6.07, 6.45) is 4.90. The van der Waals surface area contributed by atoms with Crippen LogP contribution in [0.15, 0.2) is 30.0 Å². The van der Waals surface area contributed by atoms with E-state index in [0.717, 1.165) is 61.0 Å². The highest BCUT2D eigenvalue weighted by Crippen LogP contribution is 2.39. The third kappa shape index (κ3) is 7.62. The van der Waals surface area contributed by atoms with Crippen molar-refractivity contribution in [2.24, 2.45) is 0 Å². The largest absolute Gasteiger partial charge is 0.490 e. The second-order valence-corrected chi connectivity index (χ2v) is 12.8. The first kappa shape index (κ1) is 30.4. The van der Waals surface area contributed by atoms with Gasteiger partial charge in [0.1, 0.15) is 29.1 Å². The van der Waals surface area contributed by atoms with Crippen LogP contribution in [0.4, 0.5) is 4.79 Å². The van der Waals surface area contributed by atoms with Crippen molar-refractivity contribution >= 4 is 22.8 Å². The van der Waals surface area contributed by atoms with Gasteiger partial charge in [-0.3, -0.25) is 4.79 Å². The second kappa shape index (κ2) is 12.6. The molecule has 4 rings (SSSR count). The number of nitrogens with one attached hydrogen (secondary N) is 1. The number of piperidine rings is 2. The van der Waals surface area contributed by atoms with Gasteiger partial charge in [-0.25, -0.2) is 4.79 Å². The lowest BCUT2D eigenvalue weighted by Gasteiger charge is -2.36. The number of hydrogen-bond acceptors (Lipinski definition) is 7. The lowest BCUT2D eigenvalue weighted by molar-refractivity contribution is 0.0204. The summed E-state index contributed by atoms with van der Waals surface area (Å²) in [6, 6.07) is 8.49. The molecule has 2 aliphatic rings. The van der Waals surface area contributed by atoms with Crippen LogP contribution in [0, 0.1) is 11.3 Å². The van der Waals surface area contributed by atoms with Crippen molar-refractivity contribution in [3.05, 3.63) is 41.2 Å². The molecule has 2 saturated heterocycles. The van der Waals surface area contributed by atoms with Gasteiger partial charge in [0.15, 0.2) is 0 Å². The minimum atomic E-state index is -0.527. The van der Waals surface area contributed by atoms with E-state index >= 15 is 0 Å². The summed E-state index contributed by atoms with van der Waals surface area (Å²) < 4.78 is 12.3. The number of amides is 1. The number of H-pyrrole nitrogens is 1. The quantitative estimate of drug-likeness (QED) is 0.262. The molecule has 0 bridgehead atoms. The van der Waals surface area contributed by atoms with Crippen molar-refractivity contribution < 1.29 is 19.1 Å². The van der Waals surface area contributed by atoms with Crippen LogP contribution in [0.25, 0.3) is 10.9 Å². The predicted octanol–water partition coefficient (Wildman–Crippen LogP) is 5.69. The maximum atomic E-state index is 13.1. The Kier molecular flexibility index (Phi) is 9.33. The van der Waals surface area contributed by atoms with Gasteiger partial charge in [-0.15, -0.1) is 0 Å². The van der Waals surface area contributed by atoms with E-state index < -0.39 is 5.60 Å². The van der Waals surface area contributed by atoms with Crippen molar-refractivity contribution in [1.29, 1.82) is 5.26 Å². The molecule has 2 fully saturated rings. The summed E-state index contributed by atoms with van der Waals surface area (Å²) in [5, 5.41) is 10.4. The van der Waals surface area contributed by atoms with E-state index in [2.05, 4.69) is 29.8 Å². The molecule has 0 radical (unpaired) electrons. The van der Waals surface area contributed by atoms with Gasteiger partial charge in [-0.05, 0) is 90.0 Å². The molecular weight excluding hydrogens is 518 g/mol. The lowest BCUT2D eigenvalue weighted by atomic mass is 9.88. The molecule has 1 aromatic heterocycles. The number of ether oxygens (including phenoxy) is 2. The number of allylic oxidation sites excluding steroid dienone is 1. The van der Waals surface area contributed by atoms with Gasteiger partial charge in [0.05, 0.1) is 5.69 Å². The standard InChI is InChI=1S/C32H45N5O4/c1-21(2)36-14-10-25(11-15-36)40-29-17-23-16-28(30(38)24(19-33)20-35(6)7)34-27(23)18-26(29)22-8-12-37(13-9-22)31(39)41-32(3,4)5/h16-18,20-22,25,34H,8-15H2,1-7H3. The summed E-state index contributed by atoms with van der Waals surface area (Å²) in [7, 11) is 3.57. The van der Waals surface area contributed by atoms with Crippen LogP contribution in [-0.2, 0) is 4.74 Å². The smallest absolute Gasteiger partial charge is 0.410 e. The maximum Gasteiger partial charge on any atom is 0.410 e. The van der Waals surface area contributed by atoms with Crippen LogP contribution >= 0.6 is 0 Å². The molecule has 3 heterocycles. The molecule has 0 spiro atoms. The average molecular weight is 564 g/mol. The fourth-order valence-electron chi connectivity index (χ4n) is 5.65. The van der Waals surface area contributed by atoms with E-state index in [1.807, 2.05) is 39.0 Å². The van der Waals surface area contributed by atoms with Crippen LogP contribution in [0.2, 0.25) is 0 Å². The van der Waals surface area contributed by atoms with Gasteiger partial charge < -0.3 is 29.2 Å². The number of aromatic amines is 1. The molecule has 9 heteroatoms. The van der Waals surface area contributed by atoms with Gasteiger partial charge >= 0.3 is 6.09 Å². The Morgan fingerprint density at radius 2 is 1.73 bits per heavy atom. The number of aromatic nitrogens is 1. The highest BCUT2D eigenvalue weighted by molar-refractivity contribution is 6.12. The summed E-state index contributed by atoms with van der Waals surface area (Å²) in [4.78, 5) is 35.0. The molecule has 2 aliphatic heterocycles. The Bertz CT molecular complexity index is 1310. The highest BCUT2D eigenvalue weighted by Gasteiger charge is 2.30. The van der Waals surface area contributed by atoms with Crippen molar-refractivity contribution in [2.45, 2.75) is 84.0 Å². The van der Waals surface area contributed by atoms with Crippen LogP contribution in [0.1, 0.15) is 82.3 Å². The molecule has 1 amide bonds. The van der Waals surface area contributed by atoms with Gasteiger partial charge in [0.2, 0.25) is 5.78 Å². The number of benzene rings is 1. The Morgan fingerprint density at radius 1 is 1.07 bits per heavy atom. The molecule has 41 heavy (non-hydrogen) atoms. The number of likely N-dealkylation sites (tertiary alicyclic amines) is 2. The number of carbonyl (C=O) groups excluding carboxylic acids is 2. The van der Waals surface area contributed by atoms with Gasteiger partial charge in [-0.1, -0.05) is 0 Å². The lowest BCUT2D eigenvalue weighted by Crippen LogP contribution is -2.42. The van der Waals surface area contributed by atoms with Crippen LogP contribution < -0.4 is 4.74 Å². The first-order valence-corrected chi connectivity index (χ1v) is 14.7. The highest BCUT2D eigenvalue weighted by atomic mass is 16.6. The molecule has 0 unspecified atom stereocenters. The first-order chi connectivity index (χ1) is 19.3. The van der Waals surface area contributed by atoms with Crippen molar-refractivity contribution in [2.75, 3.05) is 40.3 Å². The SMILES string of the molecule is CC(C)N1CCC(Oc2cc3cc(C(=O)C(C#N)=CN(C)C)[nH]c3cc2C2CCN(C(=O)OC(C)(C)C)CC2)CC1. The van der Waals surface area contributed by atoms with Crippen molar-refractivity contribution in [3.8, 4) is 11.8 Å². The molecule has 0 aliphatic carbocycles. The summed E-state index contributed by atoms with van der Waals surface area (Å²) in [5.41, 5.74) is 1.85. The van der Waals surface area contributed by atoms with Gasteiger partial charge in [0.25, 0.3) is 0 Å². The molecule has 222 valence electrons. The first-order valence-electron chi connectivity index (χ1n) is 14.7. The molecule has 9 nitrogen and oxygen atoms in total. The number of Topliss-reactive ketones (excluding diaryl/α,β-unsaturated/α-hetero) is 1. The average Bonchev–Trinajstić information content (AvgIpc) is 3.33. The number of nitrogens with zero attached hydrogens (tertiary/aromatic N) is 4. The number of hydrogen-bond donors (Lipinski definition) is 1. The fraction of sp³-hybridized carbons (Fsp3) is 0.594. The Hall–Kier alpha value is -3.51. The zero-order valence-electron chi connectivity index (χ0n) is 25.6. The normalized spacial score (nSPS) is 18.0. The molecule has 0 saturated carbocycles. The third-order valence-corrected chi connectivity index (χ3v) is 7.84. The van der Waals surface area contributed by atoms with E-state index in [0.29, 0.717) is 24.8 Å². The number of rotatable bonds is 7. The van der Waals surface area contributed by atoms with E-state index in [9.17, 15) is 14.9 Å². The van der Waals surface area contributed by atoms with Crippen LogP contribution in [0.5, 0.6) is 5.75 Å². The minimum Gasteiger partial charge on any atom is -0.490 e. The number of fused-ring (bicyclic) bond motifs is 1. The second-order valence-electron chi connectivity index (χ2n) is 12.8.